The molecule has 26 heavy (non-hydrogen) atoms. The standard InChI is InChI=1S/C18H13Cl2IN2OS2/c1-10-2-4-12(21)8-15(10)22-9-23-17(24)16(26-18(23)25)7-11-3-5-13(19)14(20)6-11/h2-8,22H,9H2,1H3. The van der Waals surface area contributed by atoms with E-state index in [2.05, 4.69) is 27.9 Å². The molecule has 134 valence electrons. The number of nitrogens with one attached hydrogen (secondary N) is 1. The second-order valence-electron chi connectivity index (χ2n) is 5.58. The van der Waals surface area contributed by atoms with Gasteiger partial charge in [-0.3, -0.25) is 9.69 Å². The summed E-state index contributed by atoms with van der Waals surface area (Å²) >= 11 is 20.9. The van der Waals surface area contributed by atoms with Crippen LogP contribution in [0.5, 0.6) is 0 Å². The summed E-state index contributed by atoms with van der Waals surface area (Å²) in [5.41, 5.74) is 2.91. The van der Waals surface area contributed by atoms with Gasteiger partial charge in [-0.2, -0.15) is 0 Å². The quantitative estimate of drug-likeness (QED) is 0.288. The third-order valence-electron chi connectivity index (χ3n) is 3.74. The molecular formula is C18H13Cl2IN2OS2. The average Bonchev–Trinajstić information content (AvgIpc) is 2.85. The zero-order valence-corrected chi connectivity index (χ0v) is 18.9. The molecule has 0 radical (unpaired) electrons. The molecule has 1 amide bonds. The molecule has 0 saturated carbocycles. The molecule has 3 rings (SSSR count). The van der Waals surface area contributed by atoms with Crippen LogP contribution in [0.4, 0.5) is 5.69 Å². The van der Waals surface area contributed by atoms with E-state index in [1.165, 1.54) is 11.8 Å². The lowest BCUT2D eigenvalue weighted by Gasteiger charge is -2.17. The molecule has 1 heterocycles. The first kappa shape index (κ1) is 19.9. The molecule has 0 aliphatic carbocycles. The maximum Gasteiger partial charge on any atom is 0.267 e. The number of benzene rings is 2. The number of hydrogen-bond acceptors (Lipinski definition) is 4. The third kappa shape index (κ3) is 4.54. The number of carbonyl (C=O) groups excluding carboxylic acids is 1. The molecule has 0 bridgehead atoms. The van der Waals surface area contributed by atoms with E-state index in [0.717, 1.165) is 20.4 Å². The predicted octanol–water partition coefficient (Wildman–Crippen LogP) is 6.18. The Morgan fingerprint density at radius 2 is 2.00 bits per heavy atom. The fraction of sp³-hybridized carbons (Fsp3) is 0.111. The lowest BCUT2D eigenvalue weighted by Crippen LogP contribution is -2.33. The summed E-state index contributed by atoms with van der Waals surface area (Å²) in [6, 6.07) is 11.4. The molecule has 0 atom stereocenters. The van der Waals surface area contributed by atoms with Crippen molar-refractivity contribution in [1.82, 2.24) is 4.90 Å². The highest BCUT2D eigenvalue weighted by atomic mass is 127. The highest BCUT2D eigenvalue weighted by Gasteiger charge is 2.31. The predicted molar refractivity (Wildman–Crippen MR) is 124 cm³/mol. The lowest BCUT2D eigenvalue weighted by molar-refractivity contribution is -0.121. The Labute approximate surface area is 185 Å². The first-order valence-electron chi connectivity index (χ1n) is 7.55. The fourth-order valence-electron chi connectivity index (χ4n) is 2.34. The monoisotopic (exact) mass is 534 g/mol. The van der Waals surface area contributed by atoms with E-state index in [9.17, 15) is 4.79 Å². The van der Waals surface area contributed by atoms with Gasteiger partial charge < -0.3 is 5.32 Å². The Kier molecular flexibility index (Phi) is 6.50. The van der Waals surface area contributed by atoms with Crippen LogP contribution in [-0.2, 0) is 4.79 Å². The number of thiocarbonyl (C=S) groups is 1. The molecule has 0 aromatic heterocycles. The SMILES string of the molecule is Cc1ccc(I)cc1NCN1C(=O)C(=Cc2ccc(Cl)c(Cl)c2)SC1=S. The normalized spacial score (nSPS) is 15.8. The van der Waals surface area contributed by atoms with Gasteiger partial charge in [-0.25, -0.2) is 0 Å². The molecule has 1 N–H and O–H groups in total. The van der Waals surface area contributed by atoms with E-state index in [1.54, 1.807) is 23.1 Å². The van der Waals surface area contributed by atoms with Gasteiger partial charge >= 0.3 is 0 Å². The summed E-state index contributed by atoms with van der Waals surface area (Å²) in [6.07, 6.45) is 1.78. The Balaban J connectivity index is 1.75. The van der Waals surface area contributed by atoms with Crippen LogP contribution >= 0.6 is 69.8 Å². The van der Waals surface area contributed by atoms with E-state index in [-0.39, 0.29) is 5.91 Å². The van der Waals surface area contributed by atoms with Crippen molar-refractivity contribution in [3.05, 3.63) is 66.0 Å². The van der Waals surface area contributed by atoms with Crippen LogP contribution < -0.4 is 5.32 Å². The van der Waals surface area contributed by atoms with Gasteiger partial charge in [0.05, 0.1) is 21.6 Å². The van der Waals surface area contributed by atoms with E-state index in [1.807, 2.05) is 31.2 Å². The summed E-state index contributed by atoms with van der Waals surface area (Å²) in [5, 5.41) is 4.22. The van der Waals surface area contributed by atoms with Crippen molar-refractivity contribution < 1.29 is 4.79 Å². The third-order valence-corrected chi connectivity index (χ3v) is 6.53. The molecule has 3 nitrogen and oxygen atoms in total. The largest absolute Gasteiger partial charge is 0.367 e. The van der Waals surface area contributed by atoms with Crippen LogP contribution in [0.25, 0.3) is 6.08 Å². The van der Waals surface area contributed by atoms with Gasteiger partial charge in [0, 0.05) is 9.26 Å². The number of hydrogen-bond donors (Lipinski definition) is 1. The Morgan fingerprint density at radius 1 is 1.23 bits per heavy atom. The summed E-state index contributed by atoms with van der Waals surface area (Å²) in [6.45, 7) is 2.34. The summed E-state index contributed by atoms with van der Waals surface area (Å²) in [7, 11) is 0. The highest BCUT2D eigenvalue weighted by molar-refractivity contribution is 14.1. The van der Waals surface area contributed by atoms with Gasteiger partial charge in [-0.1, -0.05) is 59.3 Å². The zero-order valence-electron chi connectivity index (χ0n) is 13.6. The number of carbonyl (C=O) groups is 1. The number of anilines is 1. The number of thioether (sulfide) groups is 1. The number of rotatable bonds is 4. The lowest BCUT2D eigenvalue weighted by atomic mass is 10.2. The number of halogens is 3. The first-order chi connectivity index (χ1) is 12.3. The van der Waals surface area contributed by atoms with Gasteiger partial charge in [-0.05, 0) is 71.0 Å². The van der Waals surface area contributed by atoms with Gasteiger partial charge in [0.15, 0.2) is 0 Å². The van der Waals surface area contributed by atoms with Crippen molar-refractivity contribution in [2.24, 2.45) is 0 Å². The van der Waals surface area contributed by atoms with E-state index >= 15 is 0 Å². The Hall–Kier alpha value is -0.800. The molecule has 0 unspecified atom stereocenters. The smallest absolute Gasteiger partial charge is 0.267 e. The highest BCUT2D eigenvalue weighted by Crippen LogP contribution is 2.33. The zero-order chi connectivity index (χ0) is 18.8. The average molecular weight is 535 g/mol. The van der Waals surface area contributed by atoms with Crippen LogP contribution in [0.15, 0.2) is 41.3 Å². The van der Waals surface area contributed by atoms with Gasteiger partial charge in [0.2, 0.25) is 0 Å². The van der Waals surface area contributed by atoms with Gasteiger partial charge in [0.25, 0.3) is 5.91 Å². The molecule has 1 fully saturated rings. The van der Waals surface area contributed by atoms with Crippen LogP contribution in [0.3, 0.4) is 0 Å². The topological polar surface area (TPSA) is 32.3 Å². The van der Waals surface area contributed by atoms with E-state index < -0.39 is 0 Å². The van der Waals surface area contributed by atoms with Crippen LogP contribution in [0.1, 0.15) is 11.1 Å². The van der Waals surface area contributed by atoms with Gasteiger partial charge in [0.1, 0.15) is 4.32 Å². The van der Waals surface area contributed by atoms with Crippen molar-refractivity contribution in [1.29, 1.82) is 0 Å². The van der Waals surface area contributed by atoms with Crippen molar-refractivity contribution in [2.45, 2.75) is 6.92 Å². The van der Waals surface area contributed by atoms with Crippen LogP contribution in [-0.4, -0.2) is 21.8 Å². The second kappa shape index (κ2) is 8.48. The maximum atomic E-state index is 12.7. The van der Waals surface area contributed by atoms with Crippen molar-refractivity contribution in [2.75, 3.05) is 12.0 Å². The molecule has 1 aliphatic rings. The maximum absolute atomic E-state index is 12.7. The van der Waals surface area contributed by atoms with Crippen molar-refractivity contribution in [3.63, 3.8) is 0 Å². The summed E-state index contributed by atoms with van der Waals surface area (Å²) < 4.78 is 1.65. The fourth-order valence-corrected chi connectivity index (χ4v) is 4.39. The number of nitrogens with zero attached hydrogens (tertiary/aromatic N) is 1. The van der Waals surface area contributed by atoms with Crippen LogP contribution in [0, 0.1) is 10.5 Å². The first-order valence-corrected chi connectivity index (χ1v) is 10.6. The Morgan fingerprint density at radius 3 is 2.73 bits per heavy atom. The molecule has 8 heteroatoms. The van der Waals surface area contributed by atoms with E-state index in [0.29, 0.717) is 25.9 Å². The molecule has 2 aromatic carbocycles. The second-order valence-corrected chi connectivity index (χ2v) is 9.31. The minimum atomic E-state index is -0.123. The van der Waals surface area contributed by atoms with Crippen molar-refractivity contribution >= 4 is 91.8 Å². The number of aryl methyl sites for hydroxylation is 1. The minimum absolute atomic E-state index is 0.123. The Bertz CT molecular complexity index is 933. The molecule has 2 aromatic rings. The van der Waals surface area contributed by atoms with Crippen LogP contribution in [0.2, 0.25) is 10.0 Å². The van der Waals surface area contributed by atoms with Crippen molar-refractivity contribution in [3.8, 4) is 0 Å². The summed E-state index contributed by atoms with van der Waals surface area (Å²) in [4.78, 5) is 14.8. The molecule has 0 spiro atoms. The molecule has 1 aliphatic heterocycles. The molecule has 1 saturated heterocycles. The molecular weight excluding hydrogens is 522 g/mol. The number of amides is 1. The summed E-state index contributed by atoms with van der Waals surface area (Å²) in [5.74, 6) is -0.123. The van der Waals surface area contributed by atoms with Gasteiger partial charge in [-0.15, -0.1) is 0 Å². The minimum Gasteiger partial charge on any atom is -0.367 e. The van der Waals surface area contributed by atoms with E-state index in [4.69, 9.17) is 35.4 Å².